The maximum atomic E-state index is 12.8. The number of ether oxygens (including phenoxy) is 3. The minimum atomic E-state index is -0.800. The monoisotopic (exact) mass is 853 g/mol. The Morgan fingerprint density at radius 3 is 1.05 bits per heavy atom. The maximum absolute atomic E-state index is 12.8. The van der Waals surface area contributed by atoms with Crippen LogP contribution in [0.2, 0.25) is 0 Å². The third-order valence-corrected chi connectivity index (χ3v) is 11.0. The quantitative estimate of drug-likeness (QED) is 0.0263. The summed E-state index contributed by atoms with van der Waals surface area (Å²) in [5.74, 6) is -0.966. The molecule has 6 heteroatoms. The molecule has 0 bridgehead atoms. The Bertz CT molecular complexity index is 1120. The molecule has 0 saturated heterocycles. The molecule has 6 nitrogen and oxygen atoms in total. The highest BCUT2D eigenvalue weighted by Gasteiger charge is 2.19. The van der Waals surface area contributed by atoms with Crippen LogP contribution in [0.5, 0.6) is 0 Å². The van der Waals surface area contributed by atoms with Gasteiger partial charge in [-0.1, -0.05) is 210 Å². The van der Waals surface area contributed by atoms with Gasteiger partial charge in [-0.15, -0.1) is 0 Å². The van der Waals surface area contributed by atoms with Gasteiger partial charge < -0.3 is 14.2 Å². The lowest BCUT2D eigenvalue weighted by molar-refractivity contribution is -0.167. The van der Waals surface area contributed by atoms with E-state index in [0.29, 0.717) is 19.3 Å². The number of hydrogen-bond donors (Lipinski definition) is 0. The van der Waals surface area contributed by atoms with Gasteiger partial charge in [0, 0.05) is 19.3 Å². The molecule has 0 aromatic carbocycles. The Morgan fingerprint density at radius 2 is 0.607 bits per heavy atom. The fraction of sp³-hybridized carbons (Fsp3) is 0.764. The molecule has 0 aliphatic rings. The second kappa shape index (κ2) is 49.8. The van der Waals surface area contributed by atoms with E-state index in [0.717, 1.165) is 77.0 Å². The van der Waals surface area contributed by atoms with Crippen LogP contribution in [0.1, 0.15) is 252 Å². The lowest BCUT2D eigenvalue weighted by Gasteiger charge is -2.18. The number of esters is 3. The minimum Gasteiger partial charge on any atom is -0.462 e. The molecule has 0 heterocycles. The van der Waals surface area contributed by atoms with Gasteiger partial charge in [-0.2, -0.15) is 0 Å². The maximum Gasteiger partial charge on any atom is 0.306 e. The van der Waals surface area contributed by atoms with Gasteiger partial charge in [0.05, 0.1) is 0 Å². The Balaban J connectivity index is 4.47. The predicted octanol–water partition coefficient (Wildman–Crippen LogP) is 16.9. The molecule has 0 spiro atoms. The first-order valence-electron chi connectivity index (χ1n) is 25.8. The number of carbonyl (C=O) groups is 3. The fourth-order valence-corrected chi connectivity index (χ4v) is 7.08. The van der Waals surface area contributed by atoms with Crippen molar-refractivity contribution in [3.8, 4) is 0 Å². The Labute approximate surface area is 377 Å². The molecule has 0 saturated carbocycles. The Morgan fingerprint density at radius 1 is 0.328 bits per heavy atom. The van der Waals surface area contributed by atoms with Gasteiger partial charge in [-0.25, -0.2) is 0 Å². The zero-order valence-electron chi connectivity index (χ0n) is 40.2. The van der Waals surface area contributed by atoms with E-state index in [4.69, 9.17) is 14.2 Å². The van der Waals surface area contributed by atoms with E-state index in [9.17, 15) is 14.4 Å². The first-order chi connectivity index (χ1) is 30.0. The summed E-state index contributed by atoms with van der Waals surface area (Å²) in [6.07, 6.45) is 60.6. The van der Waals surface area contributed by atoms with Crippen LogP contribution < -0.4 is 0 Å². The Hall–Kier alpha value is -2.89. The molecule has 61 heavy (non-hydrogen) atoms. The molecular weight excluding hydrogens is 757 g/mol. The minimum absolute atomic E-state index is 0.0953. The molecule has 1 unspecified atom stereocenters. The van der Waals surface area contributed by atoms with Gasteiger partial charge in [-0.3, -0.25) is 14.4 Å². The molecule has 0 aliphatic heterocycles. The third kappa shape index (κ3) is 48.0. The fourth-order valence-electron chi connectivity index (χ4n) is 7.08. The standard InChI is InChI=1S/C55H96O6/c1-4-7-10-13-16-19-22-25-26-27-28-31-33-36-39-42-45-48-54(57)60-51-52(61-55(58)49-46-43-40-37-34-30-24-21-18-15-12-9-6-3)50-59-53(56)47-44-41-38-35-32-29-23-20-17-14-11-8-5-2/h16,19,25-26,28,30-31,34,36,39,52H,4-15,17-18,20-24,27,29,32-33,35,37-38,40-51H2,1-3H3/b19-16-,26-25-,31-28-,34-30-,39-36-. The van der Waals surface area contributed by atoms with Crippen molar-refractivity contribution in [2.45, 2.75) is 258 Å². The number of unbranched alkanes of at least 4 members (excludes halogenated alkanes) is 25. The highest BCUT2D eigenvalue weighted by atomic mass is 16.6. The average molecular weight is 853 g/mol. The normalized spacial score (nSPS) is 12.5. The van der Waals surface area contributed by atoms with Crippen LogP contribution in [0.4, 0.5) is 0 Å². The number of rotatable bonds is 46. The molecule has 0 fully saturated rings. The summed E-state index contributed by atoms with van der Waals surface area (Å²) < 4.78 is 16.7. The van der Waals surface area contributed by atoms with E-state index in [1.54, 1.807) is 0 Å². The molecule has 352 valence electrons. The van der Waals surface area contributed by atoms with Gasteiger partial charge >= 0.3 is 17.9 Å². The van der Waals surface area contributed by atoms with Crippen LogP contribution in [0.15, 0.2) is 60.8 Å². The van der Waals surface area contributed by atoms with Gasteiger partial charge in [0.2, 0.25) is 0 Å². The van der Waals surface area contributed by atoms with E-state index >= 15 is 0 Å². The second-order valence-electron chi connectivity index (χ2n) is 17.1. The summed E-state index contributed by atoms with van der Waals surface area (Å²) in [4.78, 5) is 37.9. The average Bonchev–Trinajstić information content (AvgIpc) is 3.26. The summed E-state index contributed by atoms with van der Waals surface area (Å²) >= 11 is 0. The van der Waals surface area contributed by atoms with Crippen LogP contribution in [0, 0.1) is 0 Å². The van der Waals surface area contributed by atoms with E-state index in [2.05, 4.69) is 81.5 Å². The summed E-state index contributed by atoms with van der Waals surface area (Å²) in [5, 5.41) is 0. The highest BCUT2D eigenvalue weighted by Crippen LogP contribution is 2.14. The largest absolute Gasteiger partial charge is 0.462 e. The lowest BCUT2D eigenvalue weighted by Crippen LogP contribution is -2.30. The zero-order chi connectivity index (χ0) is 44.4. The van der Waals surface area contributed by atoms with Crippen molar-refractivity contribution < 1.29 is 28.6 Å². The summed E-state index contributed by atoms with van der Waals surface area (Å²) in [7, 11) is 0. The number of carbonyl (C=O) groups excluding carboxylic acids is 3. The number of hydrogen-bond acceptors (Lipinski definition) is 6. The van der Waals surface area contributed by atoms with Crippen LogP contribution in [-0.4, -0.2) is 37.2 Å². The highest BCUT2D eigenvalue weighted by molar-refractivity contribution is 5.71. The summed E-state index contributed by atoms with van der Waals surface area (Å²) in [5.41, 5.74) is 0. The zero-order valence-corrected chi connectivity index (χ0v) is 40.2. The van der Waals surface area contributed by atoms with Crippen molar-refractivity contribution in [3.63, 3.8) is 0 Å². The smallest absolute Gasteiger partial charge is 0.306 e. The molecule has 0 N–H and O–H groups in total. The van der Waals surface area contributed by atoms with Gasteiger partial charge in [0.25, 0.3) is 0 Å². The second-order valence-corrected chi connectivity index (χ2v) is 17.1. The van der Waals surface area contributed by atoms with E-state index in [1.807, 2.05) is 0 Å². The van der Waals surface area contributed by atoms with Gasteiger partial charge in [0.1, 0.15) is 13.2 Å². The topological polar surface area (TPSA) is 78.9 Å². The van der Waals surface area contributed by atoms with Crippen LogP contribution in [0.3, 0.4) is 0 Å². The van der Waals surface area contributed by atoms with Crippen molar-refractivity contribution in [1.82, 2.24) is 0 Å². The molecule has 0 radical (unpaired) electrons. The summed E-state index contributed by atoms with van der Waals surface area (Å²) in [6.45, 7) is 6.55. The summed E-state index contributed by atoms with van der Waals surface area (Å²) in [6, 6.07) is 0. The van der Waals surface area contributed by atoms with Gasteiger partial charge in [-0.05, 0) is 83.5 Å². The van der Waals surface area contributed by atoms with Crippen LogP contribution in [0.25, 0.3) is 0 Å². The van der Waals surface area contributed by atoms with Crippen molar-refractivity contribution in [3.05, 3.63) is 60.8 Å². The predicted molar refractivity (Wildman–Crippen MR) is 261 cm³/mol. The molecule has 1 atom stereocenters. The molecule has 0 rings (SSSR count). The van der Waals surface area contributed by atoms with Crippen LogP contribution >= 0.6 is 0 Å². The van der Waals surface area contributed by atoms with E-state index in [-0.39, 0.29) is 37.5 Å². The first-order valence-corrected chi connectivity index (χ1v) is 25.8. The van der Waals surface area contributed by atoms with Crippen molar-refractivity contribution in [1.29, 1.82) is 0 Å². The Kier molecular flexibility index (Phi) is 47.4. The van der Waals surface area contributed by atoms with Gasteiger partial charge in [0.15, 0.2) is 6.10 Å². The molecule has 0 aliphatic carbocycles. The SMILES string of the molecule is CCCCC/C=C\C/C=C\C/C=C\C/C=C\CCCC(=O)OCC(COC(=O)CCCCCCCCCCCCCCC)OC(=O)CCCCC/C=C\CCCCCCCC. The van der Waals surface area contributed by atoms with Crippen molar-refractivity contribution in [2.24, 2.45) is 0 Å². The van der Waals surface area contributed by atoms with Crippen LogP contribution in [-0.2, 0) is 28.6 Å². The molecule has 0 amide bonds. The van der Waals surface area contributed by atoms with E-state index in [1.165, 1.54) is 128 Å². The van der Waals surface area contributed by atoms with Crippen molar-refractivity contribution >= 4 is 17.9 Å². The lowest BCUT2D eigenvalue weighted by atomic mass is 10.0. The number of allylic oxidation sites excluding steroid dienone is 10. The third-order valence-electron chi connectivity index (χ3n) is 11.0. The molecular formula is C55H96O6. The van der Waals surface area contributed by atoms with E-state index < -0.39 is 6.10 Å². The first kappa shape index (κ1) is 58.1. The van der Waals surface area contributed by atoms with Crippen molar-refractivity contribution in [2.75, 3.05) is 13.2 Å². The molecule has 0 aromatic heterocycles. The molecule has 0 aromatic rings.